The van der Waals surface area contributed by atoms with E-state index >= 15 is 0 Å². The molecule has 0 atom stereocenters. The fourth-order valence-corrected chi connectivity index (χ4v) is 3.12. The summed E-state index contributed by atoms with van der Waals surface area (Å²) >= 11 is 1.28. The second-order valence-electron chi connectivity index (χ2n) is 5.24. The van der Waals surface area contributed by atoms with Crippen LogP contribution in [0.2, 0.25) is 0 Å². The molecule has 25 heavy (non-hydrogen) atoms. The molecule has 1 aromatic carbocycles. The van der Waals surface area contributed by atoms with Crippen molar-refractivity contribution < 1.29 is 13.9 Å². The smallest absolute Gasteiger partial charge is 0.341 e. The Morgan fingerprint density at radius 1 is 1.12 bits per heavy atom. The first kappa shape index (κ1) is 21.1. The third kappa shape index (κ3) is 6.48. The number of benzene rings is 1. The van der Waals surface area contributed by atoms with E-state index in [9.17, 15) is 9.18 Å². The number of rotatable bonds is 6. The Bertz CT molecular complexity index is 646. The van der Waals surface area contributed by atoms with Gasteiger partial charge in [0.25, 0.3) is 0 Å². The average molecular weight is 367 g/mol. The second-order valence-corrected chi connectivity index (χ2v) is 6.32. The summed E-state index contributed by atoms with van der Waals surface area (Å²) in [6.45, 7) is 12.2. The molecule has 1 heterocycles. The summed E-state index contributed by atoms with van der Waals surface area (Å²) < 4.78 is 17.7. The molecule has 0 aliphatic rings. The zero-order valence-corrected chi connectivity index (χ0v) is 16.2. The van der Waals surface area contributed by atoms with E-state index in [0.717, 1.165) is 10.4 Å². The minimum Gasteiger partial charge on any atom is -0.462 e. The van der Waals surface area contributed by atoms with Crippen molar-refractivity contribution in [2.24, 2.45) is 0 Å². The number of ether oxygens (including phenoxy) is 1. The van der Waals surface area contributed by atoms with Crippen molar-refractivity contribution in [2.45, 2.75) is 27.7 Å². The summed E-state index contributed by atoms with van der Waals surface area (Å²) in [4.78, 5) is 14.8. The number of nitrogens with zero attached hydrogens (tertiary/aromatic N) is 1. The van der Waals surface area contributed by atoms with Crippen molar-refractivity contribution in [3.05, 3.63) is 41.7 Å². The van der Waals surface area contributed by atoms with Crippen molar-refractivity contribution in [3.8, 4) is 10.4 Å². The highest BCUT2D eigenvalue weighted by Crippen LogP contribution is 2.33. The van der Waals surface area contributed by atoms with Gasteiger partial charge in [0.2, 0.25) is 0 Å². The topological polar surface area (TPSA) is 55.6 Å². The van der Waals surface area contributed by atoms with Gasteiger partial charge in [0.1, 0.15) is 10.8 Å². The monoisotopic (exact) mass is 366 g/mol. The first-order valence-corrected chi connectivity index (χ1v) is 9.33. The summed E-state index contributed by atoms with van der Waals surface area (Å²) in [6.07, 6.45) is 0. The molecule has 0 bridgehead atoms. The molecular weight excluding hydrogens is 339 g/mol. The molecule has 0 unspecified atom stereocenters. The molecule has 0 saturated heterocycles. The SMILES string of the molecule is CCN(CC)CC.CCOC(=O)c1cc(-c2ccc(F)cc2)sc1N. The maximum Gasteiger partial charge on any atom is 0.341 e. The predicted octanol–water partition coefficient (Wildman–Crippen LogP) is 4.66. The van der Waals surface area contributed by atoms with Gasteiger partial charge in [0, 0.05) is 4.88 Å². The normalized spacial score (nSPS) is 10.3. The van der Waals surface area contributed by atoms with Crippen molar-refractivity contribution in [1.29, 1.82) is 0 Å². The maximum atomic E-state index is 12.8. The highest BCUT2D eigenvalue weighted by molar-refractivity contribution is 7.19. The maximum absolute atomic E-state index is 12.8. The van der Waals surface area contributed by atoms with E-state index in [1.165, 1.54) is 43.1 Å². The van der Waals surface area contributed by atoms with Crippen LogP contribution in [0.25, 0.3) is 10.4 Å². The van der Waals surface area contributed by atoms with Crippen LogP contribution < -0.4 is 5.73 Å². The third-order valence-corrected chi connectivity index (χ3v) is 4.74. The van der Waals surface area contributed by atoms with Gasteiger partial charge in [0.15, 0.2) is 0 Å². The van der Waals surface area contributed by atoms with Crippen molar-refractivity contribution in [2.75, 3.05) is 32.0 Å². The molecule has 138 valence electrons. The van der Waals surface area contributed by atoms with Gasteiger partial charge >= 0.3 is 5.97 Å². The van der Waals surface area contributed by atoms with Crippen LogP contribution in [-0.4, -0.2) is 37.1 Å². The highest BCUT2D eigenvalue weighted by atomic mass is 32.1. The van der Waals surface area contributed by atoms with Crippen LogP contribution in [0.15, 0.2) is 30.3 Å². The number of halogens is 1. The van der Waals surface area contributed by atoms with E-state index in [1.807, 2.05) is 0 Å². The van der Waals surface area contributed by atoms with Gasteiger partial charge in [-0.05, 0) is 50.3 Å². The molecule has 4 nitrogen and oxygen atoms in total. The summed E-state index contributed by atoms with van der Waals surface area (Å²) in [5, 5.41) is 0.410. The molecule has 0 spiro atoms. The van der Waals surface area contributed by atoms with Gasteiger partial charge in [-0.15, -0.1) is 11.3 Å². The Labute approximate surface area is 153 Å². The van der Waals surface area contributed by atoms with Crippen molar-refractivity contribution in [3.63, 3.8) is 0 Å². The van der Waals surface area contributed by atoms with Crippen LogP contribution in [0.4, 0.5) is 9.39 Å². The number of carbonyl (C=O) groups excluding carboxylic acids is 1. The minimum absolute atomic E-state index is 0.297. The molecule has 1 aromatic heterocycles. The van der Waals surface area contributed by atoms with E-state index < -0.39 is 5.97 Å². The summed E-state index contributed by atoms with van der Waals surface area (Å²) in [5.74, 6) is -0.728. The van der Waals surface area contributed by atoms with Gasteiger partial charge in [-0.1, -0.05) is 32.9 Å². The molecule has 0 fully saturated rings. The van der Waals surface area contributed by atoms with Gasteiger partial charge in [-0.2, -0.15) is 0 Å². The number of thiophene rings is 1. The molecule has 0 saturated carbocycles. The number of esters is 1. The molecule has 2 rings (SSSR count). The lowest BCUT2D eigenvalue weighted by Gasteiger charge is -2.13. The first-order chi connectivity index (χ1) is 12.0. The quantitative estimate of drug-likeness (QED) is 0.756. The first-order valence-electron chi connectivity index (χ1n) is 8.51. The number of nitrogen functional groups attached to an aromatic ring is 1. The molecule has 2 aromatic rings. The number of hydrogen-bond donors (Lipinski definition) is 1. The Kier molecular flexibility index (Phi) is 9.16. The minimum atomic E-state index is -0.431. The third-order valence-electron chi connectivity index (χ3n) is 3.73. The van der Waals surface area contributed by atoms with E-state index in [0.29, 0.717) is 17.2 Å². The molecule has 6 heteroatoms. The van der Waals surface area contributed by atoms with E-state index in [1.54, 1.807) is 25.1 Å². The van der Waals surface area contributed by atoms with Crippen molar-refractivity contribution >= 4 is 22.3 Å². The van der Waals surface area contributed by atoms with Crippen LogP contribution in [0.1, 0.15) is 38.1 Å². The highest BCUT2D eigenvalue weighted by Gasteiger charge is 2.15. The van der Waals surface area contributed by atoms with Crippen LogP contribution in [-0.2, 0) is 4.74 Å². The van der Waals surface area contributed by atoms with Gasteiger partial charge in [0.05, 0.1) is 12.2 Å². The largest absolute Gasteiger partial charge is 0.462 e. The molecule has 2 N–H and O–H groups in total. The fraction of sp³-hybridized carbons (Fsp3) is 0.421. The lowest BCUT2D eigenvalue weighted by atomic mass is 10.1. The van der Waals surface area contributed by atoms with E-state index in [-0.39, 0.29) is 5.82 Å². The van der Waals surface area contributed by atoms with Crippen LogP contribution in [0, 0.1) is 5.82 Å². The van der Waals surface area contributed by atoms with Gasteiger partial charge < -0.3 is 15.4 Å². The Balaban J connectivity index is 0.000000381. The molecule has 0 radical (unpaired) electrons. The fourth-order valence-electron chi connectivity index (χ4n) is 2.20. The Hall–Kier alpha value is -1.92. The van der Waals surface area contributed by atoms with Crippen LogP contribution >= 0.6 is 11.3 Å². The standard InChI is InChI=1S/C13H12FNO2S.C6H15N/c1-2-17-13(16)10-7-11(18-12(10)15)8-3-5-9(14)6-4-8;1-4-7(5-2)6-3/h3-7H,2,15H2,1H3;4-6H2,1-3H3. The van der Waals surface area contributed by atoms with Crippen LogP contribution in [0.5, 0.6) is 0 Å². The summed E-state index contributed by atoms with van der Waals surface area (Å²) in [6, 6.07) is 7.71. The molecular formula is C19H27FN2O2S. The second kappa shape index (κ2) is 10.8. The average Bonchev–Trinajstić information content (AvgIpc) is 3.00. The number of nitrogens with two attached hydrogens (primary N) is 1. The number of hydrogen-bond acceptors (Lipinski definition) is 5. The van der Waals surface area contributed by atoms with Gasteiger partial charge in [-0.25, -0.2) is 9.18 Å². The summed E-state index contributed by atoms with van der Waals surface area (Å²) in [7, 11) is 0. The van der Waals surface area contributed by atoms with E-state index in [4.69, 9.17) is 10.5 Å². The lowest BCUT2D eigenvalue weighted by molar-refractivity contribution is 0.0528. The lowest BCUT2D eigenvalue weighted by Crippen LogP contribution is -2.21. The number of anilines is 1. The van der Waals surface area contributed by atoms with Crippen molar-refractivity contribution in [1.82, 2.24) is 4.90 Å². The zero-order chi connectivity index (χ0) is 18.8. The Morgan fingerprint density at radius 3 is 2.12 bits per heavy atom. The van der Waals surface area contributed by atoms with E-state index in [2.05, 4.69) is 25.7 Å². The number of carbonyl (C=O) groups is 1. The molecule has 0 aliphatic heterocycles. The predicted molar refractivity (Wildman–Crippen MR) is 104 cm³/mol. The Morgan fingerprint density at radius 2 is 1.68 bits per heavy atom. The van der Waals surface area contributed by atoms with Gasteiger partial charge in [-0.3, -0.25) is 0 Å². The zero-order valence-electron chi connectivity index (χ0n) is 15.3. The molecule has 0 aliphatic carbocycles. The van der Waals surface area contributed by atoms with Crippen LogP contribution in [0.3, 0.4) is 0 Å². The summed E-state index contributed by atoms with van der Waals surface area (Å²) in [5.41, 5.74) is 6.97. The molecule has 0 amide bonds.